The third kappa shape index (κ3) is 10.5. The van der Waals surface area contributed by atoms with E-state index in [4.69, 9.17) is 0 Å². The summed E-state index contributed by atoms with van der Waals surface area (Å²) in [7, 11) is 2.75. The summed E-state index contributed by atoms with van der Waals surface area (Å²) >= 11 is 0. The molecule has 0 saturated heterocycles. The van der Waals surface area contributed by atoms with Crippen molar-refractivity contribution in [3.05, 3.63) is 0 Å². The third-order valence-electron chi connectivity index (χ3n) is 3.20. The van der Waals surface area contributed by atoms with Gasteiger partial charge in [-0.15, -0.1) is 0 Å². The van der Waals surface area contributed by atoms with Gasteiger partial charge < -0.3 is 21.3 Å². The van der Waals surface area contributed by atoms with Crippen LogP contribution >= 0.6 is 21.6 Å². The fraction of sp³-hybridized carbons (Fsp3) is 0.750. The molecule has 0 rings (SSSR count). The number of carbonyl (C=O) groups excluding carboxylic acids is 4. The highest BCUT2D eigenvalue weighted by molar-refractivity contribution is 8.76. The lowest BCUT2D eigenvalue weighted by Gasteiger charge is -2.19. The van der Waals surface area contributed by atoms with Crippen molar-refractivity contribution >= 4 is 45.2 Å². The van der Waals surface area contributed by atoms with E-state index in [9.17, 15) is 19.2 Å². The Labute approximate surface area is 163 Å². The van der Waals surface area contributed by atoms with E-state index in [1.54, 1.807) is 13.8 Å². The number of hydrogen-bond donors (Lipinski definition) is 4. The van der Waals surface area contributed by atoms with Gasteiger partial charge in [-0.25, -0.2) is 0 Å². The van der Waals surface area contributed by atoms with Crippen LogP contribution in [-0.2, 0) is 19.2 Å². The van der Waals surface area contributed by atoms with Gasteiger partial charge in [0.05, 0.1) is 0 Å². The lowest BCUT2D eigenvalue weighted by molar-refractivity contribution is -0.128. The quantitative estimate of drug-likeness (QED) is 0.260. The molecule has 0 aromatic heterocycles. The predicted molar refractivity (Wildman–Crippen MR) is 107 cm³/mol. The normalized spacial score (nSPS) is 12.6. The fourth-order valence-corrected chi connectivity index (χ4v) is 4.11. The Hall–Kier alpha value is -1.42. The summed E-state index contributed by atoms with van der Waals surface area (Å²) in [6, 6.07) is -1.26. The van der Waals surface area contributed by atoms with E-state index in [2.05, 4.69) is 21.3 Å². The van der Waals surface area contributed by atoms with E-state index in [1.807, 2.05) is 13.8 Å². The lowest BCUT2D eigenvalue weighted by Crippen LogP contribution is -2.48. The van der Waals surface area contributed by atoms with E-state index in [-0.39, 0.29) is 23.6 Å². The summed E-state index contributed by atoms with van der Waals surface area (Å²) in [6.07, 6.45) is 0.603. The first kappa shape index (κ1) is 24.6. The van der Waals surface area contributed by atoms with Gasteiger partial charge >= 0.3 is 0 Å². The van der Waals surface area contributed by atoms with Crippen LogP contribution in [0.2, 0.25) is 0 Å². The van der Waals surface area contributed by atoms with Crippen molar-refractivity contribution in [2.45, 2.75) is 52.6 Å². The number of likely N-dealkylation sites (N-methyl/N-ethyl adjacent to an activating group) is 2. The van der Waals surface area contributed by atoms with Gasteiger partial charge in [-0.05, 0) is 13.8 Å². The highest BCUT2D eigenvalue weighted by Gasteiger charge is 2.22. The number of amides is 4. The Kier molecular flexibility index (Phi) is 13.9. The minimum atomic E-state index is -0.631. The second-order valence-electron chi connectivity index (χ2n) is 5.31. The zero-order valence-corrected chi connectivity index (χ0v) is 17.5. The molecule has 26 heavy (non-hydrogen) atoms. The van der Waals surface area contributed by atoms with Crippen LogP contribution in [-0.4, -0.2) is 60.3 Å². The summed E-state index contributed by atoms with van der Waals surface area (Å²) in [6.45, 7) is 8.03. The number of hydrogen-bond acceptors (Lipinski definition) is 6. The molecule has 0 spiro atoms. The molecule has 10 heteroatoms. The smallest absolute Gasteiger partial charge is 0.243 e. The van der Waals surface area contributed by atoms with Crippen LogP contribution in [0.25, 0.3) is 0 Å². The monoisotopic (exact) mass is 406 g/mol. The predicted octanol–water partition coefficient (Wildman–Crippen LogP) is 0.430. The van der Waals surface area contributed by atoms with Gasteiger partial charge in [0.15, 0.2) is 0 Å². The van der Waals surface area contributed by atoms with Crippen molar-refractivity contribution in [1.29, 1.82) is 0 Å². The van der Waals surface area contributed by atoms with Crippen LogP contribution in [0.3, 0.4) is 0 Å². The first-order valence-corrected chi connectivity index (χ1v) is 11.3. The molecule has 4 amide bonds. The Morgan fingerprint density at radius 3 is 1.31 bits per heavy atom. The SMILES string of the molecule is CCNC(=O)C(CSSCC(NC(=O)CC)C(=O)NCC)NC(=O)CC. The topological polar surface area (TPSA) is 116 Å². The largest absolute Gasteiger partial charge is 0.355 e. The molecule has 2 atom stereocenters. The molecular weight excluding hydrogens is 376 g/mol. The summed E-state index contributed by atoms with van der Waals surface area (Å²) in [4.78, 5) is 47.2. The summed E-state index contributed by atoms with van der Waals surface area (Å²) in [5, 5.41) is 10.8. The van der Waals surface area contributed by atoms with Gasteiger partial charge in [-0.1, -0.05) is 35.4 Å². The molecular formula is C16H30N4O4S2. The molecule has 0 aliphatic carbocycles. The molecule has 0 aliphatic heterocycles. The number of carbonyl (C=O) groups is 4. The molecule has 0 aromatic rings. The number of rotatable bonds is 13. The molecule has 0 heterocycles. The Morgan fingerprint density at radius 2 is 1.04 bits per heavy atom. The van der Waals surface area contributed by atoms with Crippen molar-refractivity contribution in [3.63, 3.8) is 0 Å². The molecule has 0 fully saturated rings. The van der Waals surface area contributed by atoms with E-state index in [1.165, 1.54) is 21.6 Å². The average molecular weight is 407 g/mol. The van der Waals surface area contributed by atoms with Gasteiger partial charge in [0, 0.05) is 37.4 Å². The molecule has 150 valence electrons. The molecule has 2 unspecified atom stereocenters. The van der Waals surface area contributed by atoms with Crippen molar-refractivity contribution in [3.8, 4) is 0 Å². The molecule has 4 N–H and O–H groups in total. The van der Waals surface area contributed by atoms with Crippen molar-refractivity contribution in [1.82, 2.24) is 21.3 Å². The average Bonchev–Trinajstić information content (AvgIpc) is 2.62. The molecule has 0 aliphatic rings. The fourth-order valence-electron chi connectivity index (χ4n) is 1.79. The van der Waals surface area contributed by atoms with Gasteiger partial charge in [-0.2, -0.15) is 0 Å². The van der Waals surface area contributed by atoms with Crippen LogP contribution in [0.5, 0.6) is 0 Å². The summed E-state index contributed by atoms with van der Waals surface area (Å²) in [5.74, 6) is -0.119. The van der Waals surface area contributed by atoms with Crippen LogP contribution in [0.15, 0.2) is 0 Å². The third-order valence-corrected chi connectivity index (χ3v) is 5.62. The maximum absolute atomic E-state index is 12.0. The molecule has 8 nitrogen and oxygen atoms in total. The van der Waals surface area contributed by atoms with Gasteiger partial charge in [0.2, 0.25) is 23.6 Å². The molecule has 0 saturated carbocycles. The van der Waals surface area contributed by atoms with Crippen LogP contribution in [0, 0.1) is 0 Å². The number of nitrogens with one attached hydrogen (secondary N) is 4. The van der Waals surface area contributed by atoms with Crippen LogP contribution in [0.4, 0.5) is 0 Å². The summed E-state index contributed by atoms with van der Waals surface area (Å²) < 4.78 is 0. The molecule has 0 radical (unpaired) electrons. The standard InChI is InChI=1S/C16H30N4O4S2/c1-5-13(21)19-11(15(23)17-7-3)9-25-26-10-12(16(24)18-8-4)20-14(22)6-2/h11-12H,5-10H2,1-4H3,(H,17,23)(H,18,24)(H,19,21)(H,20,22). The highest BCUT2D eigenvalue weighted by Crippen LogP contribution is 2.23. The minimum absolute atomic E-state index is 0.192. The van der Waals surface area contributed by atoms with Gasteiger partial charge in [0.25, 0.3) is 0 Å². The lowest BCUT2D eigenvalue weighted by atomic mass is 10.3. The summed E-state index contributed by atoms with van der Waals surface area (Å²) in [5.41, 5.74) is 0. The Balaban J connectivity index is 4.58. The minimum Gasteiger partial charge on any atom is -0.355 e. The Bertz CT molecular complexity index is 435. The molecule has 0 aromatic carbocycles. The van der Waals surface area contributed by atoms with E-state index >= 15 is 0 Å². The zero-order valence-electron chi connectivity index (χ0n) is 15.8. The maximum atomic E-state index is 12.0. The second-order valence-corrected chi connectivity index (χ2v) is 7.86. The van der Waals surface area contributed by atoms with Gasteiger partial charge in [-0.3, -0.25) is 19.2 Å². The van der Waals surface area contributed by atoms with E-state index in [0.717, 1.165) is 0 Å². The highest BCUT2D eigenvalue weighted by atomic mass is 33.1. The first-order valence-electron chi connectivity index (χ1n) is 8.77. The van der Waals surface area contributed by atoms with Crippen molar-refractivity contribution in [2.24, 2.45) is 0 Å². The van der Waals surface area contributed by atoms with Crippen LogP contribution in [0.1, 0.15) is 40.5 Å². The van der Waals surface area contributed by atoms with Crippen LogP contribution < -0.4 is 21.3 Å². The van der Waals surface area contributed by atoms with E-state index < -0.39 is 12.1 Å². The maximum Gasteiger partial charge on any atom is 0.243 e. The Morgan fingerprint density at radius 1 is 0.692 bits per heavy atom. The first-order chi connectivity index (χ1) is 12.4. The van der Waals surface area contributed by atoms with E-state index in [0.29, 0.717) is 37.4 Å². The van der Waals surface area contributed by atoms with Crippen molar-refractivity contribution in [2.75, 3.05) is 24.6 Å². The van der Waals surface area contributed by atoms with Gasteiger partial charge in [0.1, 0.15) is 12.1 Å². The van der Waals surface area contributed by atoms with Crippen molar-refractivity contribution < 1.29 is 19.2 Å². The zero-order chi connectivity index (χ0) is 19.9. The second kappa shape index (κ2) is 14.7. The molecule has 0 bridgehead atoms.